The molecule has 0 rings (SSSR count). The van der Waals surface area contributed by atoms with Gasteiger partial charge in [0.05, 0.1) is 6.61 Å². The first-order valence-corrected chi connectivity index (χ1v) is 7.37. The van der Waals surface area contributed by atoms with Crippen LogP contribution in [0.25, 0.3) is 0 Å². The van der Waals surface area contributed by atoms with E-state index in [1.54, 1.807) is 0 Å². The molecule has 15 heavy (non-hydrogen) atoms. The quantitative estimate of drug-likeness (QED) is 0.391. The van der Waals surface area contributed by atoms with Crippen LogP contribution < -0.4 is 5.73 Å². The second-order valence-electron chi connectivity index (χ2n) is 3.69. The Morgan fingerprint density at radius 1 is 1.60 bits per heavy atom. The van der Waals surface area contributed by atoms with Crippen molar-refractivity contribution in [2.45, 2.75) is 32.2 Å². The average molecular weight is 237 g/mol. The molecule has 0 aliphatic heterocycles. The van der Waals surface area contributed by atoms with Gasteiger partial charge in [0.1, 0.15) is 6.04 Å². The molecule has 0 amide bonds. The molecule has 5 nitrogen and oxygen atoms in total. The summed E-state index contributed by atoms with van der Waals surface area (Å²) in [6, 6.07) is -0.790. The van der Waals surface area contributed by atoms with Crippen LogP contribution in [0.1, 0.15) is 26.2 Å². The van der Waals surface area contributed by atoms with Crippen LogP contribution in [0.5, 0.6) is 0 Å². The lowest BCUT2D eigenvalue weighted by Crippen LogP contribution is -2.33. The Labute approximate surface area is 90.4 Å². The Bertz CT molecular complexity index is 238. The number of carbonyl (C=O) groups excluding carboxylic acids is 1. The molecular weight excluding hydrogens is 217 g/mol. The predicted octanol–water partition coefficient (Wildman–Crippen LogP) is 0.947. The minimum Gasteiger partial charge on any atom is -0.465 e. The van der Waals surface area contributed by atoms with Crippen molar-refractivity contribution in [3.05, 3.63) is 0 Å². The average Bonchev–Trinajstić information content (AvgIpc) is 2.13. The smallest absolute Gasteiger partial charge is 0.322 e. The third-order valence-electron chi connectivity index (χ3n) is 1.90. The fourth-order valence-corrected chi connectivity index (χ4v) is 1.68. The minimum atomic E-state index is -3.08. The number of rotatable bonds is 7. The fraction of sp³-hybridized carbons (Fsp3) is 0.889. The summed E-state index contributed by atoms with van der Waals surface area (Å²) in [6.07, 6.45) is 2.00. The zero-order valence-corrected chi connectivity index (χ0v) is 10.2. The molecule has 0 aromatic heterocycles. The highest BCUT2D eigenvalue weighted by atomic mass is 31.2. The number of esters is 1. The van der Waals surface area contributed by atoms with E-state index in [2.05, 4.69) is 0 Å². The maximum Gasteiger partial charge on any atom is 0.322 e. The van der Waals surface area contributed by atoms with E-state index in [1.807, 2.05) is 6.92 Å². The maximum absolute atomic E-state index is 11.2. The number of hydrogen-bond acceptors (Lipinski definition) is 4. The highest BCUT2D eigenvalue weighted by Gasteiger charge is 2.19. The summed E-state index contributed by atoms with van der Waals surface area (Å²) in [5.41, 5.74) is 5.50. The first kappa shape index (κ1) is 14.6. The lowest BCUT2D eigenvalue weighted by atomic mass is 10.2. The molecule has 2 unspecified atom stereocenters. The molecular formula is C9H20NO4P. The van der Waals surface area contributed by atoms with Crippen molar-refractivity contribution in [1.29, 1.82) is 0 Å². The van der Waals surface area contributed by atoms with Crippen LogP contribution in [0.4, 0.5) is 0 Å². The zero-order valence-electron chi connectivity index (χ0n) is 9.31. The summed E-state index contributed by atoms with van der Waals surface area (Å²) in [4.78, 5) is 20.2. The second kappa shape index (κ2) is 6.99. The number of hydrogen-bond donors (Lipinski definition) is 2. The first-order valence-electron chi connectivity index (χ1n) is 5.08. The molecule has 0 radical (unpaired) electrons. The molecule has 0 aromatic rings. The lowest BCUT2D eigenvalue weighted by Gasteiger charge is -2.12. The van der Waals surface area contributed by atoms with E-state index in [9.17, 15) is 9.36 Å². The zero-order chi connectivity index (χ0) is 11.9. The van der Waals surface area contributed by atoms with Gasteiger partial charge in [0.2, 0.25) is 0 Å². The molecule has 90 valence electrons. The number of carbonyl (C=O) groups is 1. The highest BCUT2D eigenvalue weighted by molar-refractivity contribution is 7.57. The molecule has 0 spiro atoms. The topological polar surface area (TPSA) is 89.6 Å². The van der Waals surface area contributed by atoms with Gasteiger partial charge in [-0.25, -0.2) is 0 Å². The van der Waals surface area contributed by atoms with Gasteiger partial charge in [-0.05, 0) is 12.8 Å². The van der Waals surface area contributed by atoms with E-state index >= 15 is 0 Å². The summed E-state index contributed by atoms with van der Waals surface area (Å²) in [5, 5.41) is 0. The number of nitrogens with two attached hydrogens (primary N) is 1. The van der Waals surface area contributed by atoms with Crippen molar-refractivity contribution in [1.82, 2.24) is 0 Å². The summed E-state index contributed by atoms with van der Waals surface area (Å²) >= 11 is 0. The van der Waals surface area contributed by atoms with E-state index in [1.165, 1.54) is 6.66 Å². The van der Waals surface area contributed by atoms with Gasteiger partial charge in [0.25, 0.3) is 0 Å². The van der Waals surface area contributed by atoms with Crippen LogP contribution in [0.2, 0.25) is 0 Å². The van der Waals surface area contributed by atoms with Crippen LogP contribution in [-0.2, 0) is 14.1 Å². The SMILES string of the molecule is CCCCOC(=O)C(N)CCP(C)(=O)O. The van der Waals surface area contributed by atoms with E-state index < -0.39 is 19.4 Å². The molecule has 0 saturated carbocycles. The minimum absolute atomic E-state index is 0.0526. The first-order chi connectivity index (χ1) is 6.87. The monoisotopic (exact) mass is 237 g/mol. The molecule has 0 heterocycles. The van der Waals surface area contributed by atoms with Crippen LogP contribution >= 0.6 is 7.37 Å². The van der Waals surface area contributed by atoms with Crippen LogP contribution in [-0.4, -0.2) is 36.3 Å². The molecule has 0 aliphatic rings. The Hall–Kier alpha value is -0.380. The Balaban J connectivity index is 3.74. The normalized spacial score (nSPS) is 16.8. The molecule has 0 saturated heterocycles. The Morgan fingerprint density at radius 2 is 2.20 bits per heavy atom. The second-order valence-corrected chi connectivity index (χ2v) is 6.24. The van der Waals surface area contributed by atoms with E-state index in [0.717, 1.165) is 12.8 Å². The van der Waals surface area contributed by atoms with Crippen LogP contribution in [0.15, 0.2) is 0 Å². The summed E-state index contributed by atoms with van der Waals surface area (Å²) in [6.45, 7) is 3.61. The highest BCUT2D eigenvalue weighted by Crippen LogP contribution is 2.35. The van der Waals surface area contributed by atoms with Gasteiger partial charge in [-0.15, -0.1) is 0 Å². The van der Waals surface area contributed by atoms with Crippen LogP contribution in [0.3, 0.4) is 0 Å². The largest absolute Gasteiger partial charge is 0.465 e. The molecule has 0 bridgehead atoms. The van der Waals surface area contributed by atoms with Gasteiger partial charge in [0, 0.05) is 12.8 Å². The summed E-state index contributed by atoms with van der Waals surface area (Å²) < 4.78 is 15.8. The van der Waals surface area contributed by atoms with Crippen molar-refractivity contribution in [2.75, 3.05) is 19.4 Å². The van der Waals surface area contributed by atoms with E-state index in [-0.39, 0.29) is 12.6 Å². The maximum atomic E-state index is 11.2. The van der Waals surface area contributed by atoms with E-state index in [0.29, 0.717) is 6.61 Å². The lowest BCUT2D eigenvalue weighted by molar-refractivity contribution is -0.145. The molecule has 6 heteroatoms. The number of ether oxygens (including phenoxy) is 1. The molecule has 0 fully saturated rings. The van der Waals surface area contributed by atoms with Gasteiger partial charge in [-0.2, -0.15) is 0 Å². The van der Waals surface area contributed by atoms with Gasteiger partial charge >= 0.3 is 5.97 Å². The number of unbranched alkanes of at least 4 members (excludes halogenated alkanes) is 1. The van der Waals surface area contributed by atoms with E-state index in [4.69, 9.17) is 15.4 Å². The predicted molar refractivity (Wildman–Crippen MR) is 59.1 cm³/mol. The van der Waals surface area contributed by atoms with Crippen molar-refractivity contribution in [3.8, 4) is 0 Å². The molecule has 3 N–H and O–H groups in total. The van der Waals surface area contributed by atoms with Crippen molar-refractivity contribution >= 4 is 13.3 Å². The Morgan fingerprint density at radius 3 is 2.67 bits per heavy atom. The van der Waals surface area contributed by atoms with Gasteiger partial charge in [0.15, 0.2) is 7.37 Å². The van der Waals surface area contributed by atoms with Crippen molar-refractivity contribution < 1.29 is 19.0 Å². The molecule has 2 atom stereocenters. The Kier molecular flexibility index (Phi) is 6.81. The van der Waals surface area contributed by atoms with Crippen molar-refractivity contribution in [2.24, 2.45) is 5.73 Å². The van der Waals surface area contributed by atoms with Gasteiger partial charge in [-0.3, -0.25) is 9.36 Å². The van der Waals surface area contributed by atoms with Gasteiger partial charge < -0.3 is 15.4 Å². The van der Waals surface area contributed by atoms with Crippen molar-refractivity contribution in [3.63, 3.8) is 0 Å². The third kappa shape index (κ3) is 8.60. The summed E-state index contributed by atoms with van der Waals surface area (Å²) in [5.74, 6) is -0.489. The molecule has 0 aliphatic carbocycles. The standard InChI is InChI=1S/C9H20NO4P/c1-3-4-6-14-9(11)8(10)5-7-15(2,12)13/h8H,3-7,10H2,1-2H3,(H,12,13). The van der Waals surface area contributed by atoms with Crippen LogP contribution in [0, 0.1) is 0 Å². The molecule has 0 aromatic carbocycles. The van der Waals surface area contributed by atoms with Gasteiger partial charge in [-0.1, -0.05) is 13.3 Å². The fourth-order valence-electron chi connectivity index (χ4n) is 0.921. The summed E-state index contributed by atoms with van der Waals surface area (Å²) in [7, 11) is -3.08. The third-order valence-corrected chi connectivity index (χ3v) is 2.99.